The van der Waals surface area contributed by atoms with E-state index in [-0.39, 0.29) is 29.9 Å². The van der Waals surface area contributed by atoms with Crippen molar-refractivity contribution in [1.82, 2.24) is 5.32 Å². The third-order valence-corrected chi connectivity index (χ3v) is 7.37. The van der Waals surface area contributed by atoms with E-state index < -0.39 is 61.0 Å². The molecule has 0 heterocycles. The minimum Gasteiger partial charge on any atom is -0.481 e. The minimum absolute atomic E-state index is 0.0559. The van der Waals surface area contributed by atoms with Gasteiger partial charge in [0.2, 0.25) is 5.91 Å². The van der Waals surface area contributed by atoms with Crippen LogP contribution in [0.2, 0.25) is 0 Å². The molecule has 0 fully saturated rings. The first-order valence-corrected chi connectivity index (χ1v) is 15.0. The Labute approximate surface area is 244 Å². The van der Waals surface area contributed by atoms with Crippen molar-refractivity contribution < 1.29 is 49.1 Å². The number of hydrogen-bond donors (Lipinski definition) is 5. The van der Waals surface area contributed by atoms with Gasteiger partial charge < -0.3 is 30.5 Å². The van der Waals surface area contributed by atoms with Crippen molar-refractivity contribution in [2.24, 2.45) is 17.8 Å². The Morgan fingerprint density at radius 3 is 1.95 bits per heavy atom. The van der Waals surface area contributed by atoms with Gasteiger partial charge in [-0.25, -0.2) is 0 Å². The first-order chi connectivity index (χ1) is 19.2. The second-order valence-electron chi connectivity index (χ2n) is 11.5. The lowest BCUT2D eigenvalue weighted by molar-refractivity contribution is -0.161. The third kappa shape index (κ3) is 18.5. The van der Waals surface area contributed by atoms with Crippen LogP contribution in [-0.4, -0.2) is 74.4 Å². The van der Waals surface area contributed by atoms with Gasteiger partial charge in [-0.2, -0.15) is 0 Å². The van der Waals surface area contributed by atoms with E-state index in [4.69, 9.17) is 9.84 Å². The van der Waals surface area contributed by atoms with Gasteiger partial charge in [-0.3, -0.25) is 24.0 Å². The van der Waals surface area contributed by atoms with Crippen molar-refractivity contribution in [3.63, 3.8) is 0 Å². The normalized spacial score (nSPS) is 16.5. The third-order valence-electron chi connectivity index (χ3n) is 7.37. The molecule has 7 atom stereocenters. The summed E-state index contributed by atoms with van der Waals surface area (Å²) in [6.07, 6.45) is 3.88. The number of aliphatic hydroxyl groups is 2. The van der Waals surface area contributed by atoms with E-state index in [0.717, 1.165) is 44.9 Å². The van der Waals surface area contributed by atoms with Crippen molar-refractivity contribution in [1.29, 1.82) is 0 Å². The number of carboxylic acid groups (broad SMARTS) is 2. The predicted molar refractivity (Wildman–Crippen MR) is 153 cm³/mol. The lowest BCUT2D eigenvalue weighted by Crippen LogP contribution is -2.41. The lowest BCUT2D eigenvalue weighted by Gasteiger charge is -2.24. The van der Waals surface area contributed by atoms with Gasteiger partial charge in [0.05, 0.1) is 37.0 Å². The molecule has 0 saturated carbocycles. The summed E-state index contributed by atoms with van der Waals surface area (Å²) in [7, 11) is 0. The van der Waals surface area contributed by atoms with Crippen molar-refractivity contribution in [2.45, 2.75) is 142 Å². The molecular weight excluding hydrogens is 534 g/mol. The highest BCUT2D eigenvalue weighted by atomic mass is 16.5. The first-order valence-electron chi connectivity index (χ1n) is 15.0. The van der Waals surface area contributed by atoms with Gasteiger partial charge in [0, 0.05) is 19.3 Å². The fourth-order valence-corrected chi connectivity index (χ4v) is 4.78. The molecule has 0 aromatic carbocycles. The number of aliphatic hydroxyl groups excluding tert-OH is 2. The number of Topliss-reactive ketones (excluding diaryl/α,β-unsaturated/α-hetero) is 1. The summed E-state index contributed by atoms with van der Waals surface area (Å²) in [4.78, 5) is 59.1. The van der Waals surface area contributed by atoms with E-state index in [9.17, 15) is 39.3 Å². The smallest absolute Gasteiger partial charge is 0.307 e. The second kappa shape index (κ2) is 21.2. The van der Waals surface area contributed by atoms with Gasteiger partial charge >= 0.3 is 17.9 Å². The number of aliphatic carboxylic acids is 2. The fourth-order valence-electron chi connectivity index (χ4n) is 4.78. The van der Waals surface area contributed by atoms with Gasteiger partial charge in [0.15, 0.2) is 11.9 Å². The maximum absolute atomic E-state index is 13.1. The SMILES string of the molecule is CCCC[C@@H](C)C(=O)[C@H](C[C@@H](C)CCCCCC[C@H](O)C[C@H](O)[C@@H](C)NC(C)=O)OC(=O)C[C@@H](CC(=O)O)C(=O)O. The maximum Gasteiger partial charge on any atom is 0.307 e. The fraction of sp³-hybridized carbons (Fsp3) is 0.833. The second-order valence-corrected chi connectivity index (χ2v) is 11.5. The molecule has 0 saturated heterocycles. The number of ether oxygens (including phenoxy) is 1. The summed E-state index contributed by atoms with van der Waals surface area (Å²) in [5.41, 5.74) is 0. The number of hydrogen-bond acceptors (Lipinski definition) is 8. The Morgan fingerprint density at radius 2 is 1.41 bits per heavy atom. The average Bonchev–Trinajstić information content (AvgIpc) is 2.87. The van der Waals surface area contributed by atoms with Crippen LogP contribution >= 0.6 is 0 Å². The zero-order chi connectivity index (χ0) is 31.5. The number of esters is 1. The molecular formula is C30H53NO10. The van der Waals surface area contributed by atoms with Gasteiger partial charge in [-0.05, 0) is 32.1 Å². The van der Waals surface area contributed by atoms with Crippen LogP contribution in [-0.2, 0) is 28.7 Å². The highest BCUT2D eigenvalue weighted by Crippen LogP contribution is 2.23. The molecule has 0 aromatic heterocycles. The van der Waals surface area contributed by atoms with E-state index in [1.807, 2.05) is 13.8 Å². The van der Waals surface area contributed by atoms with E-state index >= 15 is 0 Å². The Morgan fingerprint density at radius 1 is 0.805 bits per heavy atom. The molecule has 0 aliphatic carbocycles. The molecule has 0 bridgehead atoms. The summed E-state index contributed by atoms with van der Waals surface area (Å²) in [6, 6.07) is -0.434. The van der Waals surface area contributed by atoms with Crippen molar-refractivity contribution in [3.05, 3.63) is 0 Å². The van der Waals surface area contributed by atoms with Crippen molar-refractivity contribution in [2.75, 3.05) is 0 Å². The molecule has 0 aromatic rings. The van der Waals surface area contributed by atoms with Gasteiger partial charge in [-0.15, -0.1) is 0 Å². The molecule has 238 valence electrons. The number of rotatable bonds is 24. The van der Waals surface area contributed by atoms with Crippen LogP contribution in [0, 0.1) is 17.8 Å². The summed E-state index contributed by atoms with van der Waals surface area (Å²) in [6.45, 7) is 8.85. The van der Waals surface area contributed by atoms with Crippen LogP contribution in [0.15, 0.2) is 0 Å². The number of carbonyl (C=O) groups excluding carboxylic acids is 3. The maximum atomic E-state index is 13.1. The van der Waals surface area contributed by atoms with Crippen LogP contribution in [0.5, 0.6) is 0 Å². The topological polar surface area (TPSA) is 188 Å². The molecule has 11 heteroatoms. The van der Waals surface area contributed by atoms with Gasteiger partial charge in [0.1, 0.15) is 0 Å². The number of amides is 1. The molecule has 5 N–H and O–H groups in total. The number of unbranched alkanes of at least 4 members (excludes halogenated alkanes) is 4. The molecule has 0 aliphatic heterocycles. The van der Waals surface area contributed by atoms with Crippen LogP contribution in [0.25, 0.3) is 0 Å². The number of nitrogens with one attached hydrogen (secondary N) is 1. The lowest BCUT2D eigenvalue weighted by atomic mass is 9.89. The Bertz CT molecular complexity index is 817. The Kier molecular flexibility index (Phi) is 19.9. The molecule has 11 nitrogen and oxygen atoms in total. The molecule has 0 radical (unpaired) electrons. The number of ketones is 1. The predicted octanol–water partition coefficient (Wildman–Crippen LogP) is 3.86. The Hall–Kier alpha value is -2.53. The average molecular weight is 588 g/mol. The Balaban J connectivity index is 4.78. The van der Waals surface area contributed by atoms with Crippen LogP contribution in [0.4, 0.5) is 0 Å². The summed E-state index contributed by atoms with van der Waals surface area (Å²) >= 11 is 0. The zero-order valence-corrected chi connectivity index (χ0v) is 25.5. The summed E-state index contributed by atoms with van der Waals surface area (Å²) < 4.78 is 5.47. The monoisotopic (exact) mass is 587 g/mol. The van der Waals surface area contributed by atoms with E-state index in [0.29, 0.717) is 19.3 Å². The number of carbonyl (C=O) groups is 5. The highest BCUT2D eigenvalue weighted by Gasteiger charge is 2.31. The largest absolute Gasteiger partial charge is 0.481 e. The van der Waals surface area contributed by atoms with E-state index in [1.165, 1.54) is 6.92 Å². The quantitative estimate of drug-likeness (QED) is 0.0819. The standard InChI is InChI=1S/C30H53NO10/c1-6-7-13-20(3)29(38)26(41-28(37)17-23(30(39)40)16-27(35)36)15-19(2)12-10-8-9-11-14-24(33)18-25(34)21(4)31-22(5)32/h19-21,23-26,33-34H,6-18H2,1-5H3,(H,31,32)(H,35,36)(H,39,40)/t19-,20+,21+,23+,24-,25-,26-/m0/s1. The zero-order valence-electron chi connectivity index (χ0n) is 25.5. The highest BCUT2D eigenvalue weighted by molar-refractivity contribution is 5.88. The molecule has 0 rings (SSSR count). The minimum atomic E-state index is -1.42. The van der Waals surface area contributed by atoms with Gasteiger partial charge in [0.25, 0.3) is 0 Å². The molecule has 0 aliphatic rings. The molecule has 41 heavy (non-hydrogen) atoms. The van der Waals surface area contributed by atoms with Gasteiger partial charge in [-0.1, -0.05) is 65.7 Å². The van der Waals surface area contributed by atoms with E-state index in [1.54, 1.807) is 13.8 Å². The van der Waals surface area contributed by atoms with Crippen LogP contribution in [0.1, 0.15) is 118 Å². The summed E-state index contributed by atoms with van der Waals surface area (Å²) in [5, 5.41) is 41.1. The summed E-state index contributed by atoms with van der Waals surface area (Å²) in [5.74, 6) is -5.74. The molecule has 1 amide bonds. The van der Waals surface area contributed by atoms with E-state index in [2.05, 4.69) is 5.32 Å². The van der Waals surface area contributed by atoms with Crippen LogP contribution in [0.3, 0.4) is 0 Å². The molecule has 0 spiro atoms. The van der Waals surface area contributed by atoms with Crippen molar-refractivity contribution in [3.8, 4) is 0 Å². The van der Waals surface area contributed by atoms with Crippen molar-refractivity contribution >= 4 is 29.6 Å². The number of carboxylic acids is 2. The molecule has 0 unspecified atom stereocenters. The van der Waals surface area contributed by atoms with Crippen LogP contribution < -0.4 is 5.32 Å². The first kappa shape index (κ1) is 38.5.